The molecule has 3 aromatic rings. The Morgan fingerprint density at radius 1 is 0.960 bits per heavy atom. The fraction of sp³-hybridized carbons (Fsp3) is 0.105. The molecule has 1 aromatic heterocycles. The van der Waals surface area contributed by atoms with Crippen molar-refractivity contribution in [1.29, 1.82) is 0 Å². The number of hydrogen-bond acceptors (Lipinski definition) is 3. The quantitative estimate of drug-likeness (QED) is 0.725. The number of benzene rings is 2. The number of aromatic nitrogens is 2. The lowest BCUT2D eigenvalue weighted by atomic mass is 9.92. The van der Waals surface area contributed by atoms with E-state index in [9.17, 15) is 4.79 Å². The van der Waals surface area contributed by atoms with Crippen molar-refractivity contribution in [1.82, 2.24) is 15.5 Å². The lowest BCUT2D eigenvalue weighted by Gasteiger charge is -2.18. The van der Waals surface area contributed by atoms with Crippen LogP contribution in [-0.4, -0.2) is 22.6 Å². The Balaban J connectivity index is 1.79. The third kappa shape index (κ3) is 4.35. The van der Waals surface area contributed by atoms with Gasteiger partial charge in [-0.05, 0) is 35.4 Å². The highest BCUT2D eigenvalue weighted by atomic mass is 35.5. The molecule has 0 aliphatic heterocycles. The van der Waals surface area contributed by atoms with E-state index in [0.717, 1.165) is 11.1 Å². The average molecular weight is 372 g/mol. The lowest BCUT2D eigenvalue weighted by Crippen LogP contribution is -2.29. The zero-order valence-electron chi connectivity index (χ0n) is 13.2. The maximum absolute atomic E-state index is 12.4. The van der Waals surface area contributed by atoms with E-state index in [1.807, 2.05) is 36.4 Å². The van der Waals surface area contributed by atoms with Crippen molar-refractivity contribution >= 4 is 29.1 Å². The van der Waals surface area contributed by atoms with E-state index in [-0.39, 0.29) is 11.8 Å². The number of nitrogens with zero attached hydrogens (tertiary/aromatic N) is 2. The van der Waals surface area contributed by atoms with Gasteiger partial charge < -0.3 is 5.32 Å². The Morgan fingerprint density at radius 3 is 2.44 bits per heavy atom. The van der Waals surface area contributed by atoms with Gasteiger partial charge in [0.2, 0.25) is 0 Å². The SMILES string of the molecule is O=C(NCC(c1ccccc1)c1ccnnc1)c1ccc(Cl)c(Cl)c1. The summed E-state index contributed by atoms with van der Waals surface area (Å²) in [5.41, 5.74) is 2.54. The van der Waals surface area contributed by atoms with Crippen molar-refractivity contribution in [3.05, 3.63) is 93.7 Å². The standard InChI is InChI=1S/C19H15Cl2N3O/c20-17-7-6-14(10-18(17)21)19(25)22-12-16(13-4-2-1-3-5-13)15-8-9-23-24-11-15/h1-11,16H,12H2,(H,22,25). The fourth-order valence-corrected chi connectivity index (χ4v) is 2.85. The molecule has 1 heterocycles. The Bertz CT molecular complexity index is 818. The van der Waals surface area contributed by atoms with Crippen LogP contribution in [0.15, 0.2) is 67.0 Å². The summed E-state index contributed by atoms with van der Waals surface area (Å²) in [5.74, 6) is -0.232. The molecular formula is C19H15Cl2N3O. The second kappa shape index (κ2) is 8.10. The van der Waals surface area contributed by atoms with Crippen LogP contribution in [0.3, 0.4) is 0 Å². The van der Waals surface area contributed by atoms with Gasteiger partial charge in [0.1, 0.15) is 0 Å². The number of hydrogen-bond donors (Lipinski definition) is 1. The second-order valence-electron chi connectivity index (χ2n) is 5.48. The molecule has 2 aromatic carbocycles. The molecule has 1 atom stereocenters. The van der Waals surface area contributed by atoms with Crippen molar-refractivity contribution in [3.63, 3.8) is 0 Å². The van der Waals surface area contributed by atoms with Gasteiger partial charge in [0.15, 0.2) is 0 Å². The topological polar surface area (TPSA) is 54.9 Å². The monoisotopic (exact) mass is 371 g/mol. The van der Waals surface area contributed by atoms with E-state index < -0.39 is 0 Å². The Kier molecular flexibility index (Phi) is 5.64. The van der Waals surface area contributed by atoms with Crippen molar-refractivity contribution in [2.24, 2.45) is 0 Å². The molecule has 1 unspecified atom stereocenters. The summed E-state index contributed by atoms with van der Waals surface area (Å²) in [7, 11) is 0. The van der Waals surface area contributed by atoms with E-state index in [1.54, 1.807) is 30.6 Å². The highest BCUT2D eigenvalue weighted by Crippen LogP contribution is 2.24. The van der Waals surface area contributed by atoms with Crippen LogP contribution in [0.25, 0.3) is 0 Å². The highest BCUT2D eigenvalue weighted by Gasteiger charge is 2.16. The molecule has 1 amide bonds. The van der Waals surface area contributed by atoms with E-state index in [2.05, 4.69) is 15.5 Å². The maximum atomic E-state index is 12.4. The summed E-state index contributed by atoms with van der Waals surface area (Å²) in [4.78, 5) is 12.4. The van der Waals surface area contributed by atoms with Crippen molar-refractivity contribution in [2.45, 2.75) is 5.92 Å². The van der Waals surface area contributed by atoms with Gasteiger partial charge in [0.25, 0.3) is 5.91 Å². The van der Waals surface area contributed by atoms with Gasteiger partial charge in [-0.25, -0.2) is 0 Å². The predicted octanol–water partition coefficient (Wildman–Crippen LogP) is 4.35. The minimum atomic E-state index is -0.207. The van der Waals surface area contributed by atoms with Gasteiger partial charge in [-0.15, -0.1) is 0 Å². The summed E-state index contributed by atoms with van der Waals surface area (Å²) in [5, 5.41) is 11.5. The molecule has 0 fully saturated rings. The summed E-state index contributed by atoms with van der Waals surface area (Å²) in [6.45, 7) is 0.425. The van der Waals surface area contributed by atoms with Gasteiger partial charge in [-0.2, -0.15) is 10.2 Å². The first-order valence-corrected chi connectivity index (χ1v) is 8.45. The van der Waals surface area contributed by atoms with E-state index >= 15 is 0 Å². The van der Waals surface area contributed by atoms with Gasteiger partial charge in [0.05, 0.1) is 16.2 Å². The number of rotatable bonds is 5. The molecule has 6 heteroatoms. The first-order valence-electron chi connectivity index (χ1n) is 7.70. The van der Waals surface area contributed by atoms with E-state index in [0.29, 0.717) is 22.2 Å². The van der Waals surface area contributed by atoms with Crippen LogP contribution in [0.4, 0.5) is 0 Å². The average Bonchev–Trinajstić information content (AvgIpc) is 2.66. The number of carbonyl (C=O) groups excluding carboxylic acids is 1. The summed E-state index contributed by atoms with van der Waals surface area (Å²) in [6.07, 6.45) is 3.36. The molecule has 0 saturated carbocycles. The van der Waals surface area contributed by atoms with Crippen LogP contribution in [0.1, 0.15) is 27.4 Å². The van der Waals surface area contributed by atoms with Crippen molar-refractivity contribution in [2.75, 3.05) is 6.54 Å². The van der Waals surface area contributed by atoms with Crippen LogP contribution in [0.2, 0.25) is 10.0 Å². The molecule has 0 radical (unpaired) electrons. The van der Waals surface area contributed by atoms with Crippen LogP contribution in [0, 0.1) is 0 Å². The maximum Gasteiger partial charge on any atom is 0.251 e. The lowest BCUT2D eigenvalue weighted by molar-refractivity contribution is 0.0952. The van der Waals surface area contributed by atoms with Crippen molar-refractivity contribution in [3.8, 4) is 0 Å². The third-order valence-electron chi connectivity index (χ3n) is 3.86. The van der Waals surface area contributed by atoms with Crippen molar-refractivity contribution < 1.29 is 4.79 Å². The number of amides is 1. The molecular weight excluding hydrogens is 357 g/mol. The first kappa shape index (κ1) is 17.4. The number of nitrogens with one attached hydrogen (secondary N) is 1. The summed E-state index contributed by atoms with van der Waals surface area (Å²) >= 11 is 11.9. The molecule has 0 bridgehead atoms. The fourth-order valence-electron chi connectivity index (χ4n) is 2.55. The zero-order valence-corrected chi connectivity index (χ0v) is 14.7. The molecule has 3 rings (SSSR count). The minimum absolute atomic E-state index is 0.0246. The van der Waals surface area contributed by atoms with Crippen LogP contribution >= 0.6 is 23.2 Å². The number of halogens is 2. The molecule has 0 saturated heterocycles. The van der Waals surface area contributed by atoms with E-state index in [1.165, 1.54) is 0 Å². The normalized spacial score (nSPS) is 11.8. The molecule has 25 heavy (non-hydrogen) atoms. The molecule has 0 spiro atoms. The van der Waals surface area contributed by atoms with Crippen LogP contribution in [0.5, 0.6) is 0 Å². The van der Waals surface area contributed by atoms with Gasteiger partial charge in [-0.1, -0.05) is 53.5 Å². The van der Waals surface area contributed by atoms with Gasteiger partial charge in [-0.3, -0.25) is 4.79 Å². The molecule has 4 nitrogen and oxygen atoms in total. The Morgan fingerprint density at radius 2 is 1.76 bits per heavy atom. The Hall–Kier alpha value is -2.43. The third-order valence-corrected chi connectivity index (χ3v) is 4.60. The Labute approximate surface area is 155 Å². The summed E-state index contributed by atoms with van der Waals surface area (Å²) in [6, 6.07) is 16.7. The highest BCUT2D eigenvalue weighted by molar-refractivity contribution is 6.42. The number of carbonyl (C=O) groups is 1. The molecule has 0 aliphatic rings. The first-order chi connectivity index (χ1) is 12.1. The van der Waals surface area contributed by atoms with E-state index in [4.69, 9.17) is 23.2 Å². The smallest absolute Gasteiger partial charge is 0.251 e. The molecule has 0 aliphatic carbocycles. The predicted molar refractivity (Wildman–Crippen MR) is 99.1 cm³/mol. The molecule has 1 N–H and O–H groups in total. The van der Waals surface area contributed by atoms with Crippen LogP contribution in [-0.2, 0) is 0 Å². The molecule has 126 valence electrons. The van der Waals surface area contributed by atoms with Gasteiger partial charge in [0, 0.05) is 24.2 Å². The van der Waals surface area contributed by atoms with Crippen LogP contribution < -0.4 is 5.32 Å². The van der Waals surface area contributed by atoms with Gasteiger partial charge >= 0.3 is 0 Å². The zero-order chi connectivity index (χ0) is 17.6. The second-order valence-corrected chi connectivity index (χ2v) is 6.29. The largest absolute Gasteiger partial charge is 0.351 e. The minimum Gasteiger partial charge on any atom is -0.351 e. The summed E-state index contributed by atoms with van der Waals surface area (Å²) < 4.78 is 0.